The predicted octanol–water partition coefficient (Wildman–Crippen LogP) is 1.91. The van der Waals surface area contributed by atoms with Crippen LogP contribution in [0.3, 0.4) is 0 Å². The molecule has 0 saturated carbocycles. The normalized spacial score (nSPS) is 13.1. The summed E-state index contributed by atoms with van der Waals surface area (Å²) in [5.41, 5.74) is 0.360. The summed E-state index contributed by atoms with van der Waals surface area (Å²) in [4.78, 5) is 14.1. The Hall–Kier alpha value is -1.07. The van der Waals surface area contributed by atoms with Gasteiger partial charge in [0.05, 0.1) is 11.9 Å². The van der Waals surface area contributed by atoms with Crippen molar-refractivity contribution >= 4 is 17.3 Å². The lowest BCUT2D eigenvalue weighted by Gasteiger charge is -2.20. The molecule has 0 aliphatic carbocycles. The van der Waals surface area contributed by atoms with Crippen molar-refractivity contribution in [3.63, 3.8) is 0 Å². The van der Waals surface area contributed by atoms with Crippen molar-refractivity contribution in [3.8, 4) is 0 Å². The molecular formula is C13H23ClN4O. The third-order valence-electron chi connectivity index (χ3n) is 2.56. The summed E-state index contributed by atoms with van der Waals surface area (Å²) in [6.45, 7) is 7.54. The fraction of sp³-hybridized carbons (Fsp3) is 0.692. The highest BCUT2D eigenvalue weighted by molar-refractivity contribution is 6.32. The minimum atomic E-state index is -0.239. The Morgan fingerprint density at radius 3 is 2.58 bits per heavy atom. The Morgan fingerprint density at radius 2 is 2.05 bits per heavy atom. The Balaban J connectivity index is 2.87. The minimum absolute atomic E-state index is 0.189. The molecule has 0 radical (unpaired) electrons. The standard InChI is InChI=1S/C13H23ClN4O/c1-9(2)7-18-13(19)12(14)11(6-15-18)16-10(3)8-17(4)5/h6,9-10,16H,7-8H2,1-5H3. The Labute approximate surface area is 119 Å². The molecular weight excluding hydrogens is 264 g/mol. The van der Waals surface area contributed by atoms with E-state index in [4.69, 9.17) is 11.6 Å². The number of aromatic nitrogens is 2. The first-order chi connectivity index (χ1) is 8.81. The van der Waals surface area contributed by atoms with Crippen LogP contribution in [0.25, 0.3) is 0 Å². The van der Waals surface area contributed by atoms with E-state index in [0.717, 1.165) is 6.54 Å². The smallest absolute Gasteiger partial charge is 0.287 e. The highest BCUT2D eigenvalue weighted by Gasteiger charge is 2.12. The summed E-state index contributed by atoms with van der Waals surface area (Å²) in [6.07, 6.45) is 1.62. The molecule has 0 aliphatic heterocycles. The molecule has 108 valence electrons. The molecule has 0 aliphatic rings. The number of anilines is 1. The van der Waals surface area contributed by atoms with Crippen molar-refractivity contribution in [2.24, 2.45) is 5.92 Å². The molecule has 0 bridgehead atoms. The first kappa shape index (κ1) is 16.0. The van der Waals surface area contributed by atoms with Crippen molar-refractivity contribution in [1.29, 1.82) is 0 Å². The van der Waals surface area contributed by atoms with Gasteiger partial charge in [0.15, 0.2) is 0 Å². The molecule has 1 aromatic rings. The van der Waals surface area contributed by atoms with Gasteiger partial charge in [-0.15, -0.1) is 0 Å². The van der Waals surface area contributed by atoms with Gasteiger partial charge in [-0.3, -0.25) is 4.79 Å². The summed E-state index contributed by atoms with van der Waals surface area (Å²) in [5.74, 6) is 0.354. The van der Waals surface area contributed by atoms with E-state index in [1.165, 1.54) is 4.68 Å². The summed E-state index contributed by atoms with van der Waals surface area (Å²) in [7, 11) is 4.00. The van der Waals surface area contributed by atoms with Crippen LogP contribution < -0.4 is 10.9 Å². The second-order valence-corrected chi connectivity index (χ2v) is 5.94. The molecule has 0 spiro atoms. The van der Waals surface area contributed by atoms with Crippen LogP contribution in [-0.4, -0.2) is 41.4 Å². The molecule has 1 heterocycles. The van der Waals surface area contributed by atoms with Gasteiger partial charge in [-0.1, -0.05) is 25.4 Å². The van der Waals surface area contributed by atoms with Crippen LogP contribution in [0.1, 0.15) is 20.8 Å². The highest BCUT2D eigenvalue weighted by atomic mass is 35.5. The zero-order chi connectivity index (χ0) is 14.6. The lowest BCUT2D eigenvalue weighted by molar-refractivity contribution is 0.392. The highest BCUT2D eigenvalue weighted by Crippen LogP contribution is 2.16. The fourth-order valence-corrected chi connectivity index (χ4v) is 2.10. The van der Waals surface area contributed by atoms with Gasteiger partial charge in [-0.05, 0) is 26.9 Å². The van der Waals surface area contributed by atoms with Gasteiger partial charge >= 0.3 is 0 Å². The summed E-state index contributed by atoms with van der Waals surface area (Å²) in [6, 6.07) is 0.189. The largest absolute Gasteiger partial charge is 0.379 e. The summed E-state index contributed by atoms with van der Waals surface area (Å²) < 4.78 is 1.41. The van der Waals surface area contributed by atoms with Gasteiger partial charge in [0.1, 0.15) is 5.02 Å². The quantitative estimate of drug-likeness (QED) is 0.868. The number of hydrogen-bond donors (Lipinski definition) is 1. The number of hydrogen-bond acceptors (Lipinski definition) is 4. The Kier molecular flexibility index (Phi) is 5.82. The summed E-state index contributed by atoms with van der Waals surface area (Å²) >= 11 is 6.11. The summed E-state index contributed by atoms with van der Waals surface area (Å²) in [5, 5.41) is 7.58. The molecule has 1 aromatic heterocycles. The second kappa shape index (κ2) is 6.91. The number of rotatable bonds is 6. The lowest BCUT2D eigenvalue weighted by Crippen LogP contribution is -2.32. The van der Waals surface area contributed by atoms with E-state index in [9.17, 15) is 4.79 Å². The molecule has 6 heteroatoms. The number of likely N-dealkylation sites (N-methyl/N-ethyl adjacent to an activating group) is 1. The average Bonchev–Trinajstić information content (AvgIpc) is 2.27. The van der Waals surface area contributed by atoms with Gasteiger partial charge in [0.25, 0.3) is 5.56 Å². The number of nitrogens with one attached hydrogen (secondary N) is 1. The fourth-order valence-electron chi connectivity index (χ4n) is 1.90. The lowest BCUT2D eigenvalue weighted by atomic mass is 10.2. The van der Waals surface area contributed by atoms with Crippen LogP contribution >= 0.6 is 11.6 Å². The molecule has 1 unspecified atom stereocenters. The predicted molar refractivity (Wildman–Crippen MR) is 80.0 cm³/mol. The molecule has 0 saturated heterocycles. The van der Waals surface area contributed by atoms with Gasteiger partial charge in [0.2, 0.25) is 0 Å². The van der Waals surface area contributed by atoms with E-state index < -0.39 is 0 Å². The second-order valence-electron chi connectivity index (χ2n) is 5.56. The first-order valence-corrected chi connectivity index (χ1v) is 6.86. The maximum atomic E-state index is 12.0. The van der Waals surface area contributed by atoms with Crippen LogP contribution in [0, 0.1) is 5.92 Å². The Bertz CT molecular complexity index is 470. The van der Waals surface area contributed by atoms with Gasteiger partial charge in [0, 0.05) is 19.1 Å². The van der Waals surface area contributed by atoms with Crippen molar-refractivity contribution < 1.29 is 0 Å². The van der Waals surface area contributed by atoms with E-state index in [2.05, 4.69) is 15.3 Å². The molecule has 19 heavy (non-hydrogen) atoms. The molecule has 0 aromatic carbocycles. The van der Waals surface area contributed by atoms with Crippen LogP contribution in [0.5, 0.6) is 0 Å². The third kappa shape index (κ3) is 4.84. The molecule has 1 rings (SSSR count). The van der Waals surface area contributed by atoms with Gasteiger partial charge in [-0.25, -0.2) is 4.68 Å². The molecule has 5 nitrogen and oxygen atoms in total. The maximum Gasteiger partial charge on any atom is 0.287 e. The van der Waals surface area contributed by atoms with Crippen molar-refractivity contribution in [2.45, 2.75) is 33.4 Å². The van der Waals surface area contributed by atoms with Crippen LogP contribution in [0.15, 0.2) is 11.0 Å². The maximum absolute atomic E-state index is 12.0. The topological polar surface area (TPSA) is 50.2 Å². The molecule has 0 amide bonds. The van der Waals surface area contributed by atoms with E-state index >= 15 is 0 Å². The zero-order valence-electron chi connectivity index (χ0n) is 12.3. The molecule has 0 fully saturated rings. The Morgan fingerprint density at radius 1 is 1.42 bits per heavy atom. The van der Waals surface area contributed by atoms with Crippen molar-refractivity contribution in [3.05, 3.63) is 21.6 Å². The SMILES string of the molecule is CC(C)Cn1ncc(NC(C)CN(C)C)c(Cl)c1=O. The minimum Gasteiger partial charge on any atom is -0.379 e. The van der Waals surface area contributed by atoms with E-state index in [0.29, 0.717) is 18.2 Å². The van der Waals surface area contributed by atoms with E-state index in [1.54, 1.807) is 6.20 Å². The third-order valence-corrected chi connectivity index (χ3v) is 2.93. The monoisotopic (exact) mass is 286 g/mol. The zero-order valence-corrected chi connectivity index (χ0v) is 13.0. The molecule has 1 atom stereocenters. The van der Waals surface area contributed by atoms with Crippen LogP contribution in [-0.2, 0) is 6.54 Å². The molecule has 1 N–H and O–H groups in total. The average molecular weight is 287 g/mol. The first-order valence-electron chi connectivity index (χ1n) is 6.48. The van der Waals surface area contributed by atoms with Crippen molar-refractivity contribution in [1.82, 2.24) is 14.7 Å². The van der Waals surface area contributed by atoms with Crippen molar-refractivity contribution in [2.75, 3.05) is 26.0 Å². The van der Waals surface area contributed by atoms with Gasteiger partial charge < -0.3 is 10.2 Å². The van der Waals surface area contributed by atoms with Gasteiger partial charge in [-0.2, -0.15) is 5.10 Å². The van der Waals surface area contributed by atoms with Crippen LogP contribution in [0.4, 0.5) is 5.69 Å². The van der Waals surface area contributed by atoms with E-state index in [-0.39, 0.29) is 16.6 Å². The van der Waals surface area contributed by atoms with Crippen LogP contribution in [0.2, 0.25) is 5.02 Å². The number of halogens is 1. The van der Waals surface area contributed by atoms with E-state index in [1.807, 2.05) is 34.9 Å². The number of nitrogens with zero attached hydrogens (tertiary/aromatic N) is 3.